The molecule has 0 spiro atoms. The molecule has 0 radical (unpaired) electrons. The minimum atomic E-state index is -0.732. The van der Waals surface area contributed by atoms with Crippen LogP contribution in [0.15, 0.2) is 42.5 Å². The zero-order valence-corrected chi connectivity index (χ0v) is 25.4. The maximum Gasteiger partial charge on any atom is 0.273 e. The molecule has 6 rings (SSSR count). The fourth-order valence-electron chi connectivity index (χ4n) is 6.25. The molecule has 11 heteroatoms. The third-order valence-corrected chi connectivity index (χ3v) is 9.37. The molecule has 1 aromatic heterocycles. The molecule has 2 amide bonds. The molecular weight excluding hydrogens is 568 g/mol. The summed E-state index contributed by atoms with van der Waals surface area (Å²) in [5, 5.41) is 27.6. The van der Waals surface area contributed by atoms with E-state index in [9.17, 15) is 20.0 Å². The summed E-state index contributed by atoms with van der Waals surface area (Å²) in [6, 6.07) is 14.0. The predicted molar refractivity (Wildman–Crippen MR) is 160 cm³/mol. The highest BCUT2D eigenvalue weighted by molar-refractivity contribution is 6.31. The fourth-order valence-corrected chi connectivity index (χ4v) is 6.41. The molecule has 1 saturated carbocycles. The average Bonchev–Trinajstić information content (AvgIpc) is 3.69. The van der Waals surface area contributed by atoms with Crippen LogP contribution in [0.25, 0.3) is 0 Å². The van der Waals surface area contributed by atoms with E-state index in [0.717, 1.165) is 29.7 Å². The van der Waals surface area contributed by atoms with Gasteiger partial charge in [-0.05, 0) is 76.6 Å². The number of fused-ring (bicyclic) bond motifs is 3. The lowest BCUT2D eigenvalue weighted by atomic mass is 9.96. The summed E-state index contributed by atoms with van der Waals surface area (Å²) >= 11 is 6.09. The number of likely N-dealkylation sites (N-methyl/N-ethyl adjacent to an activating group) is 1. The van der Waals surface area contributed by atoms with Crippen LogP contribution in [0.4, 0.5) is 0 Å². The Morgan fingerprint density at radius 2 is 1.93 bits per heavy atom. The minimum Gasteiger partial charge on any atom is -0.483 e. The van der Waals surface area contributed by atoms with Crippen molar-refractivity contribution in [1.82, 2.24) is 24.9 Å². The molecule has 0 bridgehead atoms. The number of nitrogens with zero attached hydrogens (tertiary/aromatic N) is 5. The number of amides is 2. The van der Waals surface area contributed by atoms with Gasteiger partial charge >= 0.3 is 0 Å². The number of halogens is 1. The first-order valence-corrected chi connectivity index (χ1v) is 15.0. The lowest BCUT2D eigenvalue weighted by Crippen LogP contribution is -2.45. The van der Waals surface area contributed by atoms with Crippen molar-refractivity contribution in [2.75, 3.05) is 13.6 Å². The number of aliphatic hydroxyl groups is 1. The van der Waals surface area contributed by atoms with Gasteiger partial charge in [-0.15, -0.1) is 0 Å². The Morgan fingerprint density at radius 1 is 1.21 bits per heavy atom. The standard InChI is InChI=1S/C32H35ClN6O4/c1-18-13-27-25(17-37(18)29(40)22-7-10-26(33)23(14-22)15-34)28-30(41)38(16-19(2)39(28)36-27)20(3)21-5-8-24(9-6-21)43-32(11-12-32)31(42)35-4/h5-10,14,18-20,31,35,42H,11-13,16-17H2,1-4H3/t18-,19-,20?,31?/m1/s1. The Balaban J connectivity index is 1.24. The van der Waals surface area contributed by atoms with Crippen LogP contribution in [0.2, 0.25) is 5.02 Å². The number of aliphatic hydroxyl groups excluding tert-OH is 1. The molecule has 4 atom stereocenters. The molecule has 2 aromatic carbocycles. The lowest BCUT2D eigenvalue weighted by molar-refractivity contribution is 0.000782. The van der Waals surface area contributed by atoms with E-state index in [2.05, 4.69) is 12.2 Å². The number of nitrogens with one attached hydrogen (secondary N) is 1. The van der Waals surface area contributed by atoms with Crippen LogP contribution in [-0.2, 0) is 13.0 Å². The van der Waals surface area contributed by atoms with E-state index in [1.54, 1.807) is 24.1 Å². The second-order valence-corrected chi connectivity index (χ2v) is 12.3. The largest absolute Gasteiger partial charge is 0.483 e. The fraction of sp³-hybridized carbons (Fsp3) is 0.438. The number of carbonyl (C=O) groups excluding carboxylic acids is 2. The molecule has 1 fully saturated rings. The van der Waals surface area contributed by atoms with E-state index in [4.69, 9.17) is 21.4 Å². The van der Waals surface area contributed by atoms with Gasteiger partial charge in [0, 0.05) is 30.1 Å². The highest BCUT2D eigenvalue weighted by Gasteiger charge is 2.51. The van der Waals surface area contributed by atoms with Crippen LogP contribution in [0.3, 0.4) is 0 Å². The highest BCUT2D eigenvalue weighted by atomic mass is 35.5. The Bertz CT molecular complexity index is 1630. The number of ether oxygens (including phenoxy) is 1. The first-order chi connectivity index (χ1) is 20.6. The number of benzene rings is 2. The molecule has 224 valence electrons. The quantitative estimate of drug-likeness (QED) is 0.388. The molecule has 2 aliphatic heterocycles. The monoisotopic (exact) mass is 602 g/mol. The van der Waals surface area contributed by atoms with Gasteiger partial charge in [0.1, 0.15) is 29.3 Å². The Hall–Kier alpha value is -3.91. The zero-order chi connectivity index (χ0) is 30.6. The zero-order valence-electron chi connectivity index (χ0n) is 24.7. The maximum absolute atomic E-state index is 14.1. The van der Waals surface area contributed by atoms with Crippen molar-refractivity contribution in [3.05, 3.63) is 81.1 Å². The number of hydrogen-bond donors (Lipinski definition) is 2. The van der Waals surface area contributed by atoms with Crippen LogP contribution in [-0.4, -0.2) is 68.0 Å². The second kappa shape index (κ2) is 11.0. The minimum absolute atomic E-state index is 0.0463. The van der Waals surface area contributed by atoms with Crippen LogP contribution < -0.4 is 10.1 Å². The first-order valence-electron chi connectivity index (χ1n) is 14.6. The summed E-state index contributed by atoms with van der Waals surface area (Å²) in [6.45, 7) is 6.79. The van der Waals surface area contributed by atoms with Crippen molar-refractivity contribution in [3.63, 3.8) is 0 Å². The van der Waals surface area contributed by atoms with Crippen molar-refractivity contribution in [2.45, 2.75) is 76.5 Å². The molecule has 2 N–H and O–H groups in total. The van der Waals surface area contributed by atoms with Gasteiger partial charge in [0.2, 0.25) is 0 Å². The Kier molecular flexibility index (Phi) is 7.45. The van der Waals surface area contributed by atoms with Gasteiger partial charge in [-0.3, -0.25) is 19.6 Å². The van der Waals surface area contributed by atoms with E-state index in [0.29, 0.717) is 35.0 Å². The highest BCUT2D eigenvalue weighted by Crippen LogP contribution is 2.43. The predicted octanol–water partition coefficient (Wildman–Crippen LogP) is 4.22. The van der Waals surface area contributed by atoms with Crippen molar-refractivity contribution < 1.29 is 19.4 Å². The molecule has 3 heterocycles. The molecule has 43 heavy (non-hydrogen) atoms. The van der Waals surface area contributed by atoms with Gasteiger partial charge in [-0.2, -0.15) is 10.4 Å². The summed E-state index contributed by atoms with van der Waals surface area (Å²) in [7, 11) is 1.71. The van der Waals surface area contributed by atoms with Gasteiger partial charge in [-0.25, -0.2) is 0 Å². The van der Waals surface area contributed by atoms with Gasteiger partial charge < -0.3 is 19.6 Å². The van der Waals surface area contributed by atoms with E-state index in [1.807, 2.05) is 53.8 Å². The van der Waals surface area contributed by atoms with E-state index in [1.165, 1.54) is 6.07 Å². The molecule has 2 unspecified atom stereocenters. The maximum atomic E-state index is 14.1. The van der Waals surface area contributed by atoms with Crippen LogP contribution in [0.5, 0.6) is 5.75 Å². The number of aromatic nitrogens is 2. The van der Waals surface area contributed by atoms with Gasteiger partial charge in [0.15, 0.2) is 0 Å². The van der Waals surface area contributed by atoms with Crippen LogP contribution in [0, 0.1) is 11.3 Å². The van der Waals surface area contributed by atoms with Gasteiger partial charge in [-0.1, -0.05) is 23.7 Å². The first kappa shape index (κ1) is 29.2. The number of hydrogen-bond acceptors (Lipinski definition) is 7. The average molecular weight is 603 g/mol. The molecule has 3 aromatic rings. The molecule has 0 saturated heterocycles. The molecule has 3 aliphatic rings. The molecule has 1 aliphatic carbocycles. The Morgan fingerprint density at radius 3 is 2.58 bits per heavy atom. The topological polar surface area (TPSA) is 124 Å². The number of carbonyl (C=O) groups is 2. The normalized spacial score (nSPS) is 21.8. The number of nitriles is 1. The van der Waals surface area contributed by atoms with Crippen LogP contribution >= 0.6 is 11.6 Å². The van der Waals surface area contributed by atoms with E-state index in [-0.39, 0.29) is 42.0 Å². The summed E-state index contributed by atoms with van der Waals surface area (Å²) in [5.74, 6) is 0.342. The van der Waals surface area contributed by atoms with E-state index >= 15 is 0 Å². The smallest absolute Gasteiger partial charge is 0.273 e. The van der Waals surface area contributed by atoms with Crippen LogP contribution in [0.1, 0.15) is 88.9 Å². The van der Waals surface area contributed by atoms with Crippen molar-refractivity contribution in [3.8, 4) is 11.8 Å². The lowest BCUT2D eigenvalue weighted by Gasteiger charge is -2.37. The Labute approximate surface area is 255 Å². The second-order valence-electron chi connectivity index (χ2n) is 11.9. The van der Waals surface area contributed by atoms with Crippen molar-refractivity contribution in [1.29, 1.82) is 5.26 Å². The summed E-state index contributed by atoms with van der Waals surface area (Å²) in [5.41, 5.74) is 3.15. The number of rotatable bonds is 7. The van der Waals surface area contributed by atoms with Gasteiger partial charge in [0.25, 0.3) is 11.8 Å². The summed E-state index contributed by atoms with van der Waals surface area (Å²) in [4.78, 5) is 31.3. The summed E-state index contributed by atoms with van der Waals surface area (Å²) in [6.07, 6.45) is 1.37. The van der Waals surface area contributed by atoms with Crippen molar-refractivity contribution in [2.24, 2.45) is 0 Å². The van der Waals surface area contributed by atoms with Gasteiger partial charge in [0.05, 0.1) is 34.9 Å². The third kappa shape index (κ3) is 5.05. The molecule has 10 nitrogen and oxygen atoms in total. The van der Waals surface area contributed by atoms with Crippen molar-refractivity contribution >= 4 is 23.4 Å². The van der Waals surface area contributed by atoms with E-state index < -0.39 is 11.8 Å². The third-order valence-electron chi connectivity index (χ3n) is 9.04. The SMILES string of the molecule is CNC(O)C1(Oc2ccc(C(C)N3C[C@@H](C)n4nc5c(c4C3=O)CN(C(=O)c3ccc(Cl)c(C#N)c3)[C@H](C)C5)cc2)CC1. The molecular formula is C32H35ClN6O4. The summed E-state index contributed by atoms with van der Waals surface area (Å²) < 4.78 is 7.94.